The molecule has 2 rings (SSSR count). The number of aromatic nitrogens is 1. The lowest BCUT2D eigenvalue weighted by Gasteiger charge is -2.08. The molecule has 5 nitrogen and oxygen atoms in total. The lowest BCUT2D eigenvalue weighted by Crippen LogP contribution is -2.29. The van der Waals surface area contributed by atoms with Gasteiger partial charge in [-0.05, 0) is 30.3 Å². The number of carbonyl (C=O) groups excluding carboxylic acids is 1. The predicted molar refractivity (Wildman–Crippen MR) is 73.9 cm³/mol. The number of amides is 1. The highest BCUT2D eigenvalue weighted by molar-refractivity contribution is 7.71. The zero-order chi connectivity index (χ0) is 13.7. The van der Waals surface area contributed by atoms with Crippen LogP contribution in [0, 0.1) is 16.0 Å². The van der Waals surface area contributed by atoms with Crippen molar-refractivity contribution in [1.29, 1.82) is 5.26 Å². The molecule has 0 bridgehead atoms. The molecule has 0 saturated carbocycles. The summed E-state index contributed by atoms with van der Waals surface area (Å²) in [6.07, 6.45) is 1.66. The quantitative estimate of drug-likeness (QED) is 0.591. The molecule has 0 saturated heterocycles. The predicted octanol–water partition coefficient (Wildman–Crippen LogP) is 2.37. The number of hydrogen-bond acceptors (Lipinski definition) is 4. The highest BCUT2D eigenvalue weighted by Crippen LogP contribution is 2.08. The highest BCUT2D eigenvalue weighted by Gasteiger charge is 2.06. The molecule has 19 heavy (non-hydrogen) atoms. The van der Waals surface area contributed by atoms with Crippen molar-refractivity contribution in [1.82, 2.24) is 10.4 Å². The third kappa shape index (κ3) is 3.18. The van der Waals surface area contributed by atoms with E-state index in [-0.39, 0.29) is 5.91 Å². The van der Waals surface area contributed by atoms with E-state index in [1.807, 2.05) is 6.07 Å². The first kappa shape index (κ1) is 12.8. The summed E-state index contributed by atoms with van der Waals surface area (Å²) in [5.41, 5.74) is 6.77. The number of anilines is 1. The van der Waals surface area contributed by atoms with Crippen LogP contribution in [0.15, 0.2) is 42.6 Å². The van der Waals surface area contributed by atoms with Gasteiger partial charge in [-0.15, -0.1) is 0 Å². The molecule has 6 heteroatoms. The van der Waals surface area contributed by atoms with Crippen LogP contribution in [0.5, 0.6) is 0 Å². The average molecular weight is 270 g/mol. The van der Waals surface area contributed by atoms with Gasteiger partial charge < -0.3 is 4.98 Å². The standard InChI is InChI=1S/C13H10N4OS/c14-8-9-3-1-4-10(7-9)16-17-12(18)11-5-2-6-15-13(11)19/h1-7,16H,(H,15,19)(H,17,18). The van der Waals surface area contributed by atoms with Gasteiger partial charge >= 0.3 is 0 Å². The zero-order valence-corrected chi connectivity index (χ0v) is 10.6. The van der Waals surface area contributed by atoms with E-state index in [0.717, 1.165) is 0 Å². The van der Waals surface area contributed by atoms with E-state index in [0.29, 0.717) is 21.5 Å². The van der Waals surface area contributed by atoms with Crippen LogP contribution in [0.1, 0.15) is 15.9 Å². The van der Waals surface area contributed by atoms with E-state index in [2.05, 4.69) is 15.8 Å². The maximum atomic E-state index is 11.9. The number of nitrogens with zero attached hydrogens (tertiary/aromatic N) is 1. The fraction of sp³-hybridized carbons (Fsp3) is 0. The Labute approximate surface area is 114 Å². The van der Waals surface area contributed by atoms with Gasteiger partial charge in [0.05, 0.1) is 22.9 Å². The minimum atomic E-state index is -0.343. The number of rotatable bonds is 3. The molecular formula is C13H10N4OS. The molecule has 0 aliphatic heterocycles. The van der Waals surface area contributed by atoms with Gasteiger partial charge in [0.2, 0.25) is 0 Å². The molecule has 1 aromatic carbocycles. The van der Waals surface area contributed by atoms with Crippen molar-refractivity contribution >= 4 is 23.8 Å². The molecular weight excluding hydrogens is 260 g/mol. The SMILES string of the molecule is N#Cc1cccc(NNC(=O)c2ccc[nH]c2=S)c1. The van der Waals surface area contributed by atoms with Crippen LogP contribution >= 0.6 is 12.2 Å². The molecule has 0 aliphatic carbocycles. The number of carbonyl (C=O) groups is 1. The van der Waals surface area contributed by atoms with Crippen LogP contribution in [0.3, 0.4) is 0 Å². The zero-order valence-electron chi connectivity index (χ0n) is 9.81. The van der Waals surface area contributed by atoms with E-state index < -0.39 is 0 Å². The third-order valence-corrected chi connectivity index (χ3v) is 2.71. The van der Waals surface area contributed by atoms with Crippen LogP contribution in [-0.4, -0.2) is 10.9 Å². The second kappa shape index (κ2) is 5.80. The molecule has 1 amide bonds. The van der Waals surface area contributed by atoms with Crippen molar-refractivity contribution in [2.24, 2.45) is 0 Å². The van der Waals surface area contributed by atoms with E-state index in [1.54, 1.807) is 42.6 Å². The summed E-state index contributed by atoms with van der Waals surface area (Å²) in [7, 11) is 0. The van der Waals surface area contributed by atoms with E-state index in [9.17, 15) is 4.79 Å². The molecule has 3 N–H and O–H groups in total. The van der Waals surface area contributed by atoms with Gasteiger partial charge in [-0.3, -0.25) is 15.6 Å². The average Bonchev–Trinajstić information content (AvgIpc) is 2.45. The Bertz CT molecular complexity index is 702. The topological polar surface area (TPSA) is 80.7 Å². The Hall–Kier alpha value is -2.65. The Morgan fingerprint density at radius 2 is 2.16 bits per heavy atom. The molecule has 1 heterocycles. The number of pyridine rings is 1. The number of H-pyrrole nitrogens is 1. The summed E-state index contributed by atoms with van der Waals surface area (Å²) < 4.78 is 0.368. The van der Waals surface area contributed by atoms with Crippen LogP contribution in [-0.2, 0) is 0 Å². The fourth-order valence-corrected chi connectivity index (χ4v) is 1.69. The lowest BCUT2D eigenvalue weighted by molar-refractivity contribution is 0.0962. The van der Waals surface area contributed by atoms with Gasteiger partial charge in [0.25, 0.3) is 5.91 Å². The number of aromatic amines is 1. The number of hydrazine groups is 1. The van der Waals surface area contributed by atoms with Gasteiger partial charge in [-0.1, -0.05) is 18.3 Å². The Morgan fingerprint density at radius 1 is 1.32 bits per heavy atom. The Balaban J connectivity index is 2.07. The second-order valence-corrected chi connectivity index (χ2v) is 4.09. The largest absolute Gasteiger partial charge is 0.352 e. The van der Waals surface area contributed by atoms with Gasteiger partial charge in [-0.25, -0.2) is 0 Å². The molecule has 0 radical (unpaired) electrons. The minimum Gasteiger partial charge on any atom is -0.352 e. The van der Waals surface area contributed by atoms with Gasteiger partial charge in [-0.2, -0.15) is 5.26 Å². The summed E-state index contributed by atoms with van der Waals surface area (Å²) in [6.45, 7) is 0. The van der Waals surface area contributed by atoms with Crippen LogP contribution in [0.25, 0.3) is 0 Å². The first-order chi connectivity index (χ1) is 9.20. The Kier molecular flexibility index (Phi) is 3.90. The summed E-state index contributed by atoms with van der Waals surface area (Å²) in [5, 5.41) is 8.77. The highest BCUT2D eigenvalue weighted by atomic mass is 32.1. The molecule has 0 atom stereocenters. The van der Waals surface area contributed by atoms with Crippen molar-refractivity contribution in [3.05, 3.63) is 58.4 Å². The summed E-state index contributed by atoms with van der Waals surface area (Å²) >= 11 is 5.01. The van der Waals surface area contributed by atoms with Gasteiger partial charge in [0.1, 0.15) is 4.64 Å². The monoisotopic (exact) mass is 270 g/mol. The molecule has 0 unspecified atom stereocenters. The van der Waals surface area contributed by atoms with Crippen molar-refractivity contribution < 1.29 is 4.79 Å². The first-order valence-electron chi connectivity index (χ1n) is 5.45. The van der Waals surface area contributed by atoms with Crippen molar-refractivity contribution in [2.45, 2.75) is 0 Å². The third-order valence-electron chi connectivity index (χ3n) is 2.37. The molecule has 1 aromatic heterocycles. The van der Waals surface area contributed by atoms with Crippen LogP contribution in [0.4, 0.5) is 5.69 Å². The maximum Gasteiger partial charge on any atom is 0.272 e. The number of benzene rings is 1. The minimum absolute atomic E-state index is 0.343. The summed E-state index contributed by atoms with van der Waals surface area (Å²) in [4.78, 5) is 14.6. The number of nitriles is 1. The summed E-state index contributed by atoms with van der Waals surface area (Å²) in [6, 6.07) is 12.1. The van der Waals surface area contributed by atoms with E-state index in [4.69, 9.17) is 17.5 Å². The number of nitrogens with one attached hydrogen (secondary N) is 3. The molecule has 0 spiro atoms. The second-order valence-electron chi connectivity index (χ2n) is 3.68. The van der Waals surface area contributed by atoms with E-state index >= 15 is 0 Å². The fourth-order valence-electron chi connectivity index (χ4n) is 1.46. The summed E-state index contributed by atoms with van der Waals surface area (Å²) in [5.74, 6) is -0.343. The first-order valence-corrected chi connectivity index (χ1v) is 5.86. The smallest absolute Gasteiger partial charge is 0.272 e. The van der Waals surface area contributed by atoms with Gasteiger partial charge in [0.15, 0.2) is 0 Å². The van der Waals surface area contributed by atoms with Crippen LogP contribution in [0.2, 0.25) is 0 Å². The Morgan fingerprint density at radius 3 is 2.89 bits per heavy atom. The van der Waals surface area contributed by atoms with Crippen LogP contribution < -0.4 is 10.9 Å². The van der Waals surface area contributed by atoms with Gasteiger partial charge in [0, 0.05) is 6.20 Å². The van der Waals surface area contributed by atoms with E-state index in [1.165, 1.54) is 0 Å². The molecule has 0 fully saturated rings. The van der Waals surface area contributed by atoms with Crippen molar-refractivity contribution in [3.63, 3.8) is 0 Å². The molecule has 94 valence electrons. The molecule has 2 aromatic rings. The van der Waals surface area contributed by atoms with Crippen molar-refractivity contribution in [3.8, 4) is 6.07 Å². The number of hydrogen-bond donors (Lipinski definition) is 3. The maximum absolute atomic E-state index is 11.9. The lowest BCUT2D eigenvalue weighted by atomic mass is 10.2. The molecule has 0 aliphatic rings. The normalized spacial score (nSPS) is 9.42. The van der Waals surface area contributed by atoms with Crippen molar-refractivity contribution in [2.75, 3.05) is 5.43 Å².